The number of aromatic nitrogens is 1. The fourth-order valence-corrected chi connectivity index (χ4v) is 2.59. The summed E-state index contributed by atoms with van der Waals surface area (Å²) in [7, 11) is 0. The number of fused-ring (bicyclic) bond motifs is 1. The van der Waals surface area contributed by atoms with Gasteiger partial charge in [0, 0.05) is 41.3 Å². The molecule has 2 aromatic rings. The van der Waals surface area contributed by atoms with Crippen molar-refractivity contribution in [2.24, 2.45) is 0 Å². The Hall–Kier alpha value is -0.840. The molecule has 0 bridgehead atoms. The third-order valence-corrected chi connectivity index (χ3v) is 3.70. The van der Waals surface area contributed by atoms with Gasteiger partial charge >= 0.3 is 0 Å². The van der Waals surface area contributed by atoms with Gasteiger partial charge in [-0.25, -0.2) is 0 Å². The first-order chi connectivity index (χ1) is 9.66. The maximum absolute atomic E-state index is 5.51. The number of rotatable bonds is 8. The summed E-state index contributed by atoms with van der Waals surface area (Å²) < 4.78 is 8.94. The summed E-state index contributed by atoms with van der Waals surface area (Å²) in [5.74, 6) is 0. The third-order valence-electron chi connectivity index (χ3n) is 3.21. The zero-order valence-corrected chi connectivity index (χ0v) is 13.8. The molecule has 110 valence electrons. The van der Waals surface area contributed by atoms with Crippen molar-refractivity contribution < 1.29 is 4.74 Å². The van der Waals surface area contributed by atoms with Gasteiger partial charge in [-0.3, -0.25) is 0 Å². The average molecular weight is 339 g/mol. The van der Waals surface area contributed by atoms with E-state index in [1.165, 1.54) is 10.9 Å². The van der Waals surface area contributed by atoms with Crippen LogP contribution in [0.1, 0.15) is 20.3 Å². The first kappa shape index (κ1) is 15.5. The molecule has 0 fully saturated rings. The maximum Gasteiger partial charge on any atom is 0.0518 e. The van der Waals surface area contributed by atoms with Gasteiger partial charge in [0.1, 0.15) is 0 Å². The highest BCUT2D eigenvalue weighted by Crippen LogP contribution is 2.20. The Morgan fingerprint density at radius 1 is 1.25 bits per heavy atom. The Kier molecular flexibility index (Phi) is 6.07. The summed E-state index contributed by atoms with van der Waals surface area (Å²) in [4.78, 5) is 0. The molecule has 0 saturated heterocycles. The molecule has 0 aliphatic heterocycles. The van der Waals surface area contributed by atoms with Crippen molar-refractivity contribution >= 4 is 26.8 Å². The van der Waals surface area contributed by atoms with Crippen LogP contribution >= 0.6 is 15.9 Å². The van der Waals surface area contributed by atoms with Crippen molar-refractivity contribution in [3.05, 3.63) is 34.9 Å². The summed E-state index contributed by atoms with van der Waals surface area (Å²) >= 11 is 3.51. The lowest BCUT2D eigenvalue weighted by Crippen LogP contribution is -2.22. The van der Waals surface area contributed by atoms with Gasteiger partial charge in [-0.15, -0.1) is 0 Å². The number of nitrogens with zero attached hydrogens (tertiary/aromatic N) is 1. The van der Waals surface area contributed by atoms with Crippen LogP contribution in [-0.2, 0) is 11.3 Å². The van der Waals surface area contributed by atoms with Gasteiger partial charge in [-0.1, -0.05) is 15.9 Å². The van der Waals surface area contributed by atoms with E-state index in [-0.39, 0.29) is 0 Å². The molecule has 0 aliphatic carbocycles. The van der Waals surface area contributed by atoms with Gasteiger partial charge in [0.05, 0.1) is 6.10 Å². The predicted molar refractivity (Wildman–Crippen MR) is 88.2 cm³/mol. The van der Waals surface area contributed by atoms with Crippen LogP contribution in [0.15, 0.2) is 34.9 Å². The second kappa shape index (κ2) is 7.81. The van der Waals surface area contributed by atoms with Gasteiger partial charge in [0.15, 0.2) is 0 Å². The quantitative estimate of drug-likeness (QED) is 0.740. The Balaban J connectivity index is 1.71. The Labute approximate surface area is 129 Å². The smallest absolute Gasteiger partial charge is 0.0518 e. The zero-order chi connectivity index (χ0) is 14.4. The van der Waals surface area contributed by atoms with E-state index >= 15 is 0 Å². The normalized spacial score (nSPS) is 11.6. The van der Waals surface area contributed by atoms with E-state index in [0.717, 1.165) is 37.1 Å². The molecule has 1 aromatic carbocycles. The average Bonchev–Trinajstić information content (AvgIpc) is 2.79. The third kappa shape index (κ3) is 4.62. The standard InChI is InChI=1S/C16H23BrN2O/c1-13(2)20-11-3-7-18-8-10-19-9-6-14-12-15(17)4-5-16(14)19/h4-6,9,12-13,18H,3,7-8,10-11H2,1-2H3. The van der Waals surface area contributed by atoms with Crippen molar-refractivity contribution in [1.82, 2.24) is 9.88 Å². The van der Waals surface area contributed by atoms with Crippen molar-refractivity contribution in [3.8, 4) is 0 Å². The summed E-state index contributed by atoms with van der Waals surface area (Å²) in [5.41, 5.74) is 1.29. The van der Waals surface area contributed by atoms with E-state index in [2.05, 4.69) is 70.1 Å². The molecule has 0 spiro atoms. The lowest BCUT2D eigenvalue weighted by atomic mass is 10.2. The highest BCUT2D eigenvalue weighted by Gasteiger charge is 2.01. The van der Waals surface area contributed by atoms with E-state index < -0.39 is 0 Å². The van der Waals surface area contributed by atoms with Gasteiger partial charge in [0.2, 0.25) is 0 Å². The summed E-state index contributed by atoms with van der Waals surface area (Å²) in [6.45, 7) is 7.98. The van der Waals surface area contributed by atoms with Crippen LogP contribution in [0.25, 0.3) is 10.9 Å². The highest BCUT2D eigenvalue weighted by atomic mass is 79.9. The lowest BCUT2D eigenvalue weighted by Gasteiger charge is -2.09. The molecule has 1 aromatic heterocycles. The fraction of sp³-hybridized carbons (Fsp3) is 0.500. The highest BCUT2D eigenvalue weighted by molar-refractivity contribution is 9.10. The number of hydrogen-bond donors (Lipinski definition) is 1. The first-order valence-corrected chi connectivity index (χ1v) is 8.03. The molecule has 0 unspecified atom stereocenters. The largest absolute Gasteiger partial charge is 0.379 e. The van der Waals surface area contributed by atoms with Crippen LogP contribution in [0.5, 0.6) is 0 Å². The summed E-state index contributed by atoms with van der Waals surface area (Å²) in [6, 6.07) is 8.57. The summed E-state index contributed by atoms with van der Waals surface area (Å²) in [6.07, 6.45) is 3.55. The van der Waals surface area contributed by atoms with E-state index in [9.17, 15) is 0 Å². The van der Waals surface area contributed by atoms with E-state index in [1.807, 2.05) is 0 Å². The molecule has 1 heterocycles. The SMILES string of the molecule is CC(C)OCCCNCCn1ccc2cc(Br)ccc21. The van der Waals surface area contributed by atoms with Crippen LogP contribution in [-0.4, -0.2) is 30.4 Å². The number of ether oxygens (including phenoxy) is 1. The van der Waals surface area contributed by atoms with Crippen LogP contribution in [0, 0.1) is 0 Å². The van der Waals surface area contributed by atoms with Crippen LogP contribution in [0.4, 0.5) is 0 Å². The molecule has 0 saturated carbocycles. The molecule has 1 N–H and O–H groups in total. The van der Waals surface area contributed by atoms with Crippen LogP contribution in [0.3, 0.4) is 0 Å². The number of nitrogens with one attached hydrogen (secondary N) is 1. The fourth-order valence-electron chi connectivity index (χ4n) is 2.21. The minimum Gasteiger partial charge on any atom is -0.379 e. The molecule has 0 amide bonds. The monoisotopic (exact) mass is 338 g/mol. The Bertz CT molecular complexity index is 536. The predicted octanol–water partition coefficient (Wildman–Crippen LogP) is 3.81. The molecule has 0 aliphatic rings. The second-order valence-corrected chi connectivity index (χ2v) is 6.15. The van der Waals surface area contributed by atoms with Gasteiger partial charge in [0.25, 0.3) is 0 Å². The molecule has 20 heavy (non-hydrogen) atoms. The number of benzene rings is 1. The molecule has 3 nitrogen and oxygen atoms in total. The molecular formula is C16H23BrN2O. The van der Waals surface area contributed by atoms with Crippen molar-refractivity contribution in [2.45, 2.75) is 32.9 Å². The molecule has 2 rings (SSSR count). The Morgan fingerprint density at radius 3 is 2.90 bits per heavy atom. The van der Waals surface area contributed by atoms with Crippen LogP contribution in [0.2, 0.25) is 0 Å². The zero-order valence-electron chi connectivity index (χ0n) is 12.2. The molecule has 0 atom stereocenters. The van der Waals surface area contributed by atoms with Crippen molar-refractivity contribution in [1.29, 1.82) is 0 Å². The topological polar surface area (TPSA) is 26.2 Å². The van der Waals surface area contributed by atoms with Gasteiger partial charge in [-0.05, 0) is 51.1 Å². The van der Waals surface area contributed by atoms with Crippen LogP contribution < -0.4 is 5.32 Å². The van der Waals surface area contributed by atoms with E-state index in [4.69, 9.17) is 4.74 Å². The van der Waals surface area contributed by atoms with Gasteiger partial charge < -0.3 is 14.6 Å². The minimum atomic E-state index is 0.334. The lowest BCUT2D eigenvalue weighted by molar-refractivity contribution is 0.0771. The van der Waals surface area contributed by atoms with Crippen molar-refractivity contribution in [2.75, 3.05) is 19.7 Å². The van der Waals surface area contributed by atoms with Gasteiger partial charge in [-0.2, -0.15) is 0 Å². The number of hydrogen-bond acceptors (Lipinski definition) is 2. The summed E-state index contributed by atoms with van der Waals surface area (Å²) in [5, 5.41) is 4.75. The van der Waals surface area contributed by atoms with E-state index in [1.54, 1.807) is 0 Å². The second-order valence-electron chi connectivity index (χ2n) is 5.24. The minimum absolute atomic E-state index is 0.334. The van der Waals surface area contributed by atoms with Crippen molar-refractivity contribution in [3.63, 3.8) is 0 Å². The van der Waals surface area contributed by atoms with E-state index in [0.29, 0.717) is 6.10 Å². The molecule has 4 heteroatoms. The molecular weight excluding hydrogens is 316 g/mol. The maximum atomic E-state index is 5.51. The Morgan fingerprint density at radius 2 is 2.10 bits per heavy atom. The molecule has 0 radical (unpaired) electrons. The number of halogens is 1. The first-order valence-electron chi connectivity index (χ1n) is 7.23.